The van der Waals surface area contributed by atoms with Crippen molar-refractivity contribution in [3.05, 3.63) is 16.6 Å². The lowest BCUT2D eigenvalue weighted by molar-refractivity contribution is 0.399. The first kappa shape index (κ1) is 8.43. The molecule has 5 nitrogen and oxygen atoms in total. The van der Waals surface area contributed by atoms with E-state index in [0.717, 1.165) is 5.82 Å². The number of ether oxygens (including phenoxy) is 1. The zero-order valence-electron chi connectivity index (χ0n) is 7.15. The van der Waals surface area contributed by atoms with Crippen LogP contribution < -0.4 is 4.74 Å². The van der Waals surface area contributed by atoms with Gasteiger partial charge in [0, 0.05) is 6.20 Å². The van der Waals surface area contributed by atoms with E-state index < -0.39 is 0 Å². The van der Waals surface area contributed by atoms with Crippen molar-refractivity contribution in [3.8, 4) is 5.88 Å². The molecule has 0 aliphatic heterocycles. The normalized spacial score (nSPS) is 10.7. The van der Waals surface area contributed by atoms with E-state index >= 15 is 0 Å². The number of hydrogen-bond donors (Lipinski definition) is 0. The van der Waals surface area contributed by atoms with Gasteiger partial charge in [0.2, 0.25) is 5.65 Å². The minimum absolute atomic E-state index is 0.468. The molecule has 0 atom stereocenters. The van der Waals surface area contributed by atoms with Gasteiger partial charge in [0.25, 0.3) is 5.88 Å². The maximum absolute atomic E-state index is 5.06. The molecule has 6 heteroatoms. The Bertz CT molecular complexity index is 453. The molecule has 13 heavy (non-hydrogen) atoms. The van der Waals surface area contributed by atoms with Crippen molar-refractivity contribution in [1.82, 2.24) is 19.6 Å². The molecule has 2 heterocycles. The van der Waals surface area contributed by atoms with Crippen molar-refractivity contribution in [1.29, 1.82) is 0 Å². The van der Waals surface area contributed by atoms with Crippen LogP contribution in [0.2, 0.25) is 0 Å². The molecule has 0 amide bonds. The van der Waals surface area contributed by atoms with Crippen LogP contribution in [0.5, 0.6) is 5.88 Å². The van der Waals surface area contributed by atoms with Crippen molar-refractivity contribution < 1.29 is 4.74 Å². The molecule has 0 spiro atoms. The molecule has 0 radical (unpaired) electrons. The fourth-order valence-corrected chi connectivity index (χ4v) is 1.45. The lowest BCUT2D eigenvalue weighted by Crippen LogP contribution is -1.95. The molecule has 0 saturated heterocycles. The second kappa shape index (κ2) is 2.95. The van der Waals surface area contributed by atoms with Crippen LogP contribution >= 0.6 is 15.9 Å². The van der Waals surface area contributed by atoms with Crippen LogP contribution in [0.4, 0.5) is 0 Å². The molecule has 0 aromatic carbocycles. The molecule has 0 aliphatic rings. The van der Waals surface area contributed by atoms with Gasteiger partial charge in [0.05, 0.1) is 7.11 Å². The Labute approximate surface area is 82.9 Å². The molecular formula is C7H7BrN4O. The van der Waals surface area contributed by atoms with Crippen LogP contribution in [0.25, 0.3) is 5.65 Å². The molecule has 68 valence electrons. The van der Waals surface area contributed by atoms with Gasteiger partial charge < -0.3 is 4.74 Å². The molecule has 0 unspecified atom stereocenters. The van der Waals surface area contributed by atoms with Crippen LogP contribution in [0.1, 0.15) is 5.82 Å². The Morgan fingerprint density at radius 1 is 1.46 bits per heavy atom. The van der Waals surface area contributed by atoms with Crippen molar-refractivity contribution in [2.24, 2.45) is 0 Å². The first-order chi connectivity index (χ1) is 6.22. The Hall–Kier alpha value is -1.17. The van der Waals surface area contributed by atoms with Crippen molar-refractivity contribution in [2.45, 2.75) is 6.92 Å². The molecule has 2 rings (SSSR count). The molecule has 2 aromatic heterocycles. The quantitative estimate of drug-likeness (QED) is 0.755. The fraction of sp³-hybridized carbons (Fsp3) is 0.286. The van der Waals surface area contributed by atoms with E-state index in [2.05, 4.69) is 31.1 Å². The van der Waals surface area contributed by atoms with E-state index in [-0.39, 0.29) is 0 Å². The number of hydrogen-bond acceptors (Lipinski definition) is 4. The summed E-state index contributed by atoms with van der Waals surface area (Å²) >= 11 is 3.28. The monoisotopic (exact) mass is 242 g/mol. The Morgan fingerprint density at radius 3 is 2.92 bits per heavy atom. The SMILES string of the molecule is COc1nc(Br)cn2c(C)nnc12. The predicted molar refractivity (Wildman–Crippen MR) is 49.8 cm³/mol. The summed E-state index contributed by atoms with van der Waals surface area (Å²) in [6, 6.07) is 0. The largest absolute Gasteiger partial charge is 0.478 e. The Morgan fingerprint density at radius 2 is 2.23 bits per heavy atom. The van der Waals surface area contributed by atoms with Gasteiger partial charge in [-0.15, -0.1) is 10.2 Å². The third kappa shape index (κ3) is 1.27. The average molecular weight is 243 g/mol. The number of fused-ring (bicyclic) bond motifs is 1. The highest BCUT2D eigenvalue weighted by atomic mass is 79.9. The van der Waals surface area contributed by atoms with E-state index in [0.29, 0.717) is 16.1 Å². The van der Waals surface area contributed by atoms with Crippen LogP contribution in [0.3, 0.4) is 0 Å². The molecule has 2 aromatic rings. The molecule has 0 fully saturated rings. The maximum atomic E-state index is 5.06. The summed E-state index contributed by atoms with van der Waals surface area (Å²) in [5, 5.41) is 7.85. The maximum Gasteiger partial charge on any atom is 0.261 e. The fourth-order valence-electron chi connectivity index (χ4n) is 1.09. The van der Waals surface area contributed by atoms with E-state index in [1.165, 1.54) is 0 Å². The van der Waals surface area contributed by atoms with Gasteiger partial charge >= 0.3 is 0 Å². The van der Waals surface area contributed by atoms with Crippen LogP contribution in [0.15, 0.2) is 10.8 Å². The Kier molecular flexibility index (Phi) is 1.91. The topological polar surface area (TPSA) is 52.3 Å². The highest BCUT2D eigenvalue weighted by Crippen LogP contribution is 2.18. The van der Waals surface area contributed by atoms with E-state index in [1.807, 2.05) is 11.3 Å². The number of methoxy groups -OCH3 is 1. The van der Waals surface area contributed by atoms with Gasteiger partial charge in [-0.25, -0.2) is 4.98 Å². The van der Waals surface area contributed by atoms with Crippen LogP contribution in [0, 0.1) is 6.92 Å². The zero-order chi connectivity index (χ0) is 9.42. The third-order valence-corrected chi connectivity index (χ3v) is 2.08. The minimum atomic E-state index is 0.468. The first-order valence-electron chi connectivity index (χ1n) is 3.64. The summed E-state index contributed by atoms with van der Waals surface area (Å²) in [5.41, 5.74) is 0.628. The molecule has 0 N–H and O–H groups in total. The summed E-state index contributed by atoms with van der Waals surface area (Å²) in [4.78, 5) is 4.10. The highest BCUT2D eigenvalue weighted by Gasteiger charge is 2.09. The van der Waals surface area contributed by atoms with Gasteiger partial charge in [0.15, 0.2) is 0 Å². The zero-order valence-corrected chi connectivity index (χ0v) is 8.74. The first-order valence-corrected chi connectivity index (χ1v) is 4.43. The highest BCUT2D eigenvalue weighted by molar-refractivity contribution is 9.10. The van der Waals surface area contributed by atoms with Gasteiger partial charge in [-0.05, 0) is 22.9 Å². The second-order valence-electron chi connectivity index (χ2n) is 2.51. The second-order valence-corrected chi connectivity index (χ2v) is 3.33. The lowest BCUT2D eigenvalue weighted by Gasteiger charge is -2.01. The predicted octanol–water partition coefficient (Wildman–Crippen LogP) is 1.20. The van der Waals surface area contributed by atoms with E-state index in [1.54, 1.807) is 13.3 Å². The number of halogens is 1. The van der Waals surface area contributed by atoms with E-state index in [4.69, 9.17) is 4.74 Å². The smallest absolute Gasteiger partial charge is 0.261 e. The van der Waals surface area contributed by atoms with E-state index in [9.17, 15) is 0 Å². The Balaban J connectivity index is 2.84. The number of aromatic nitrogens is 4. The average Bonchev–Trinajstić information content (AvgIpc) is 2.47. The van der Waals surface area contributed by atoms with Crippen molar-refractivity contribution in [3.63, 3.8) is 0 Å². The lowest BCUT2D eigenvalue weighted by atomic mass is 10.6. The number of nitrogens with zero attached hydrogens (tertiary/aromatic N) is 4. The number of rotatable bonds is 1. The van der Waals surface area contributed by atoms with Gasteiger partial charge in [-0.2, -0.15) is 0 Å². The van der Waals surface area contributed by atoms with Gasteiger partial charge in [-0.1, -0.05) is 0 Å². The van der Waals surface area contributed by atoms with Crippen molar-refractivity contribution >= 4 is 21.6 Å². The number of aryl methyl sites for hydroxylation is 1. The summed E-state index contributed by atoms with van der Waals surface area (Å²) in [7, 11) is 1.55. The van der Waals surface area contributed by atoms with Crippen LogP contribution in [-0.2, 0) is 0 Å². The van der Waals surface area contributed by atoms with Gasteiger partial charge in [-0.3, -0.25) is 4.40 Å². The molecule has 0 bridgehead atoms. The summed E-state index contributed by atoms with van der Waals surface area (Å²) in [5.74, 6) is 1.27. The molecular weight excluding hydrogens is 236 g/mol. The molecule has 0 aliphatic carbocycles. The minimum Gasteiger partial charge on any atom is -0.478 e. The summed E-state index contributed by atoms with van der Waals surface area (Å²) in [6.07, 6.45) is 1.80. The summed E-state index contributed by atoms with van der Waals surface area (Å²) < 4.78 is 7.57. The van der Waals surface area contributed by atoms with Crippen LogP contribution in [-0.4, -0.2) is 26.7 Å². The van der Waals surface area contributed by atoms with Gasteiger partial charge in [0.1, 0.15) is 10.4 Å². The third-order valence-electron chi connectivity index (χ3n) is 1.69. The molecule has 0 saturated carbocycles. The van der Waals surface area contributed by atoms with Crippen molar-refractivity contribution in [2.75, 3.05) is 7.11 Å². The summed E-state index contributed by atoms with van der Waals surface area (Å²) in [6.45, 7) is 1.87. The standard InChI is InChI=1S/C7H7BrN4O/c1-4-10-11-6-7(13-2)9-5(8)3-12(4)6/h3H,1-2H3.